The van der Waals surface area contributed by atoms with Gasteiger partial charge in [-0.25, -0.2) is 0 Å². The van der Waals surface area contributed by atoms with Gasteiger partial charge in [-0.15, -0.1) is 0 Å². The standard InChI is InChI=1S/C16H14BrNOS/c17-16-13-4-2-1-3-11(13)5-6-14(16)19-15(9-18)12-7-8-20-10-12/h1-8,10,15H,9,18H2. The maximum Gasteiger partial charge on any atom is 0.137 e. The van der Waals surface area contributed by atoms with E-state index < -0.39 is 0 Å². The van der Waals surface area contributed by atoms with Crippen LogP contribution in [-0.4, -0.2) is 6.54 Å². The van der Waals surface area contributed by atoms with Crippen LogP contribution in [0.25, 0.3) is 10.8 Å². The van der Waals surface area contributed by atoms with Crippen LogP contribution in [0.3, 0.4) is 0 Å². The van der Waals surface area contributed by atoms with Crippen molar-refractivity contribution in [2.24, 2.45) is 5.73 Å². The summed E-state index contributed by atoms with van der Waals surface area (Å²) in [7, 11) is 0. The van der Waals surface area contributed by atoms with Crippen LogP contribution in [-0.2, 0) is 0 Å². The molecule has 1 atom stereocenters. The minimum absolute atomic E-state index is 0.112. The van der Waals surface area contributed by atoms with Gasteiger partial charge < -0.3 is 10.5 Å². The van der Waals surface area contributed by atoms with Gasteiger partial charge in [0.1, 0.15) is 11.9 Å². The fraction of sp³-hybridized carbons (Fsp3) is 0.125. The molecular formula is C16H14BrNOS. The van der Waals surface area contributed by atoms with Crippen molar-refractivity contribution in [1.82, 2.24) is 0 Å². The van der Waals surface area contributed by atoms with Gasteiger partial charge in [0.15, 0.2) is 0 Å². The molecule has 0 fully saturated rings. The molecule has 1 aromatic heterocycles. The Hall–Kier alpha value is -1.36. The number of rotatable bonds is 4. The second-order valence-electron chi connectivity index (χ2n) is 4.50. The van der Waals surface area contributed by atoms with E-state index in [0.29, 0.717) is 6.54 Å². The quantitative estimate of drug-likeness (QED) is 0.739. The largest absolute Gasteiger partial charge is 0.483 e. The molecule has 1 heterocycles. The highest BCUT2D eigenvalue weighted by atomic mass is 79.9. The molecule has 0 amide bonds. The lowest BCUT2D eigenvalue weighted by molar-refractivity contribution is 0.213. The number of ether oxygens (including phenoxy) is 1. The summed E-state index contributed by atoms with van der Waals surface area (Å²) in [5, 5.41) is 6.45. The minimum Gasteiger partial charge on any atom is -0.483 e. The van der Waals surface area contributed by atoms with E-state index in [-0.39, 0.29) is 6.10 Å². The Morgan fingerprint density at radius 2 is 2.00 bits per heavy atom. The molecule has 0 radical (unpaired) electrons. The van der Waals surface area contributed by atoms with E-state index in [1.54, 1.807) is 11.3 Å². The number of fused-ring (bicyclic) bond motifs is 1. The molecule has 0 aliphatic heterocycles. The molecule has 0 saturated heterocycles. The number of thiophene rings is 1. The summed E-state index contributed by atoms with van der Waals surface area (Å²) in [5.41, 5.74) is 6.96. The predicted octanol–water partition coefficient (Wildman–Crippen LogP) is 4.74. The third-order valence-corrected chi connectivity index (χ3v) is 4.75. The van der Waals surface area contributed by atoms with Crippen molar-refractivity contribution < 1.29 is 4.74 Å². The summed E-state index contributed by atoms with van der Waals surface area (Å²) in [6, 6.07) is 14.3. The van der Waals surface area contributed by atoms with Gasteiger partial charge in [0.2, 0.25) is 0 Å². The highest BCUT2D eigenvalue weighted by Gasteiger charge is 2.14. The molecule has 3 rings (SSSR count). The molecule has 2 nitrogen and oxygen atoms in total. The molecule has 2 aromatic carbocycles. The fourth-order valence-corrected chi connectivity index (χ4v) is 3.46. The molecule has 4 heteroatoms. The Balaban J connectivity index is 1.96. The lowest BCUT2D eigenvalue weighted by atomic mass is 10.1. The third-order valence-electron chi connectivity index (χ3n) is 3.23. The van der Waals surface area contributed by atoms with Crippen molar-refractivity contribution >= 4 is 38.0 Å². The van der Waals surface area contributed by atoms with Gasteiger partial charge in [0.05, 0.1) is 4.47 Å². The van der Waals surface area contributed by atoms with Gasteiger partial charge in [0.25, 0.3) is 0 Å². The maximum absolute atomic E-state index is 6.08. The van der Waals surface area contributed by atoms with Gasteiger partial charge >= 0.3 is 0 Å². The summed E-state index contributed by atoms with van der Waals surface area (Å²) in [4.78, 5) is 0. The molecular weight excluding hydrogens is 334 g/mol. The number of hydrogen-bond donors (Lipinski definition) is 1. The van der Waals surface area contributed by atoms with Crippen molar-refractivity contribution in [1.29, 1.82) is 0 Å². The van der Waals surface area contributed by atoms with Crippen molar-refractivity contribution in [2.45, 2.75) is 6.10 Å². The highest BCUT2D eigenvalue weighted by molar-refractivity contribution is 9.10. The van der Waals surface area contributed by atoms with E-state index in [1.165, 1.54) is 5.39 Å². The summed E-state index contributed by atoms with van der Waals surface area (Å²) in [6.45, 7) is 0.454. The Bertz CT molecular complexity index is 712. The molecule has 0 aliphatic rings. The first-order chi connectivity index (χ1) is 9.79. The van der Waals surface area contributed by atoms with Gasteiger partial charge in [-0.2, -0.15) is 11.3 Å². The molecule has 20 heavy (non-hydrogen) atoms. The van der Waals surface area contributed by atoms with Crippen LogP contribution < -0.4 is 10.5 Å². The lowest BCUT2D eigenvalue weighted by Gasteiger charge is -2.18. The Labute approximate surface area is 130 Å². The van der Waals surface area contributed by atoms with Crippen molar-refractivity contribution in [3.63, 3.8) is 0 Å². The molecule has 0 bridgehead atoms. The van der Waals surface area contributed by atoms with Crippen LogP contribution in [0.15, 0.2) is 57.7 Å². The lowest BCUT2D eigenvalue weighted by Crippen LogP contribution is -2.18. The second kappa shape index (κ2) is 5.95. The Morgan fingerprint density at radius 1 is 1.15 bits per heavy atom. The van der Waals surface area contributed by atoms with Crippen molar-refractivity contribution in [3.8, 4) is 5.75 Å². The summed E-state index contributed by atoms with van der Waals surface area (Å²) >= 11 is 5.29. The number of hydrogen-bond acceptors (Lipinski definition) is 3. The number of halogens is 1. The van der Waals surface area contributed by atoms with Gasteiger partial charge in [-0.05, 0) is 49.6 Å². The zero-order chi connectivity index (χ0) is 13.9. The van der Waals surface area contributed by atoms with E-state index in [9.17, 15) is 0 Å². The van der Waals surface area contributed by atoms with Gasteiger partial charge in [0, 0.05) is 12.1 Å². The monoisotopic (exact) mass is 347 g/mol. The molecule has 0 spiro atoms. The van der Waals surface area contributed by atoms with E-state index >= 15 is 0 Å². The smallest absolute Gasteiger partial charge is 0.137 e. The molecule has 1 unspecified atom stereocenters. The van der Waals surface area contributed by atoms with E-state index in [2.05, 4.69) is 45.6 Å². The van der Waals surface area contributed by atoms with Crippen LogP contribution in [0.1, 0.15) is 11.7 Å². The summed E-state index contributed by atoms with van der Waals surface area (Å²) in [5.74, 6) is 0.824. The minimum atomic E-state index is -0.112. The zero-order valence-corrected chi connectivity index (χ0v) is 13.2. The predicted molar refractivity (Wildman–Crippen MR) is 88.4 cm³/mol. The molecule has 102 valence electrons. The molecule has 0 saturated carbocycles. The van der Waals surface area contributed by atoms with E-state index in [0.717, 1.165) is 21.2 Å². The molecule has 3 aromatic rings. The van der Waals surface area contributed by atoms with Gasteiger partial charge in [-0.1, -0.05) is 30.3 Å². The Kier molecular flexibility index (Phi) is 4.05. The molecule has 0 aliphatic carbocycles. The average molecular weight is 348 g/mol. The third kappa shape index (κ3) is 2.59. The highest BCUT2D eigenvalue weighted by Crippen LogP contribution is 2.35. The SMILES string of the molecule is NCC(Oc1ccc2ccccc2c1Br)c1ccsc1. The number of nitrogens with two attached hydrogens (primary N) is 1. The Morgan fingerprint density at radius 3 is 2.75 bits per heavy atom. The van der Waals surface area contributed by atoms with Crippen LogP contribution in [0.4, 0.5) is 0 Å². The normalized spacial score (nSPS) is 12.5. The summed E-state index contributed by atoms with van der Waals surface area (Å²) < 4.78 is 7.06. The topological polar surface area (TPSA) is 35.2 Å². The zero-order valence-electron chi connectivity index (χ0n) is 10.8. The van der Waals surface area contributed by atoms with Crippen LogP contribution >= 0.6 is 27.3 Å². The first-order valence-electron chi connectivity index (χ1n) is 6.35. The average Bonchev–Trinajstić information content (AvgIpc) is 3.01. The van der Waals surface area contributed by atoms with E-state index in [1.807, 2.05) is 23.6 Å². The number of benzene rings is 2. The molecule has 2 N–H and O–H groups in total. The maximum atomic E-state index is 6.08. The van der Waals surface area contributed by atoms with E-state index in [4.69, 9.17) is 10.5 Å². The van der Waals surface area contributed by atoms with Crippen LogP contribution in [0, 0.1) is 0 Å². The summed E-state index contributed by atoms with van der Waals surface area (Å²) in [6.07, 6.45) is -0.112. The first kappa shape index (κ1) is 13.6. The van der Waals surface area contributed by atoms with Crippen LogP contribution in [0.2, 0.25) is 0 Å². The fourth-order valence-electron chi connectivity index (χ4n) is 2.17. The van der Waals surface area contributed by atoms with Crippen molar-refractivity contribution in [2.75, 3.05) is 6.54 Å². The van der Waals surface area contributed by atoms with Gasteiger partial charge in [-0.3, -0.25) is 0 Å². The van der Waals surface area contributed by atoms with Crippen LogP contribution in [0.5, 0.6) is 5.75 Å². The van der Waals surface area contributed by atoms with Crippen molar-refractivity contribution in [3.05, 3.63) is 63.3 Å². The second-order valence-corrected chi connectivity index (χ2v) is 6.07. The first-order valence-corrected chi connectivity index (χ1v) is 8.09.